The van der Waals surface area contributed by atoms with E-state index in [-0.39, 0.29) is 6.42 Å². The number of rotatable bonds is 12. The van der Waals surface area contributed by atoms with Crippen LogP contribution >= 0.6 is 0 Å². The minimum atomic E-state index is -4.65. The zero-order chi connectivity index (χ0) is 15.3. The van der Waals surface area contributed by atoms with Gasteiger partial charge in [0, 0.05) is 6.42 Å². The molecular weight excluding hydrogens is 265 g/mol. The molecule has 0 amide bonds. The summed E-state index contributed by atoms with van der Waals surface area (Å²) in [5, 5.41) is 0. The number of halogens is 3. The van der Waals surface area contributed by atoms with Crippen molar-refractivity contribution in [2.45, 2.75) is 83.7 Å². The van der Waals surface area contributed by atoms with Crippen LogP contribution in [0.1, 0.15) is 77.6 Å². The number of hydrogen-bond acceptors (Lipinski definition) is 1. The van der Waals surface area contributed by atoms with E-state index in [9.17, 15) is 18.0 Å². The molecule has 0 aromatic carbocycles. The molecule has 0 N–H and O–H groups in total. The Morgan fingerprint density at radius 2 is 1.35 bits per heavy atom. The molecule has 118 valence electrons. The van der Waals surface area contributed by atoms with Gasteiger partial charge in [0.15, 0.2) is 0 Å². The summed E-state index contributed by atoms with van der Waals surface area (Å²) in [7, 11) is 0. The molecule has 0 aromatic rings. The van der Waals surface area contributed by atoms with E-state index in [2.05, 4.69) is 19.1 Å². The van der Waals surface area contributed by atoms with E-state index in [1.165, 1.54) is 19.3 Å². The average molecular weight is 292 g/mol. The summed E-state index contributed by atoms with van der Waals surface area (Å²) in [6, 6.07) is 0. The predicted octanol–water partition coefficient (Wildman–Crippen LogP) is 5.99. The van der Waals surface area contributed by atoms with Gasteiger partial charge in [0.05, 0.1) is 0 Å². The van der Waals surface area contributed by atoms with Crippen LogP contribution in [0.4, 0.5) is 13.2 Å². The molecule has 0 heterocycles. The molecule has 0 aliphatic carbocycles. The summed E-state index contributed by atoms with van der Waals surface area (Å²) in [5.74, 6) is -1.59. The van der Waals surface area contributed by atoms with Crippen LogP contribution < -0.4 is 0 Å². The third-order valence-corrected chi connectivity index (χ3v) is 3.24. The fraction of sp³-hybridized carbons (Fsp3) is 0.812. The summed E-state index contributed by atoms with van der Waals surface area (Å²) < 4.78 is 35.8. The maximum absolute atomic E-state index is 11.9. The van der Waals surface area contributed by atoms with E-state index >= 15 is 0 Å². The number of carbonyl (C=O) groups is 1. The zero-order valence-electron chi connectivity index (χ0n) is 12.5. The van der Waals surface area contributed by atoms with Gasteiger partial charge >= 0.3 is 6.18 Å². The van der Waals surface area contributed by atoms with Gasteiger partial charge in [-0.1, -0.05) is 57.6 Å². The molecular formula is C16H27F3O. The summed E-state index contributed by atoms with van der Waals surface area (Å²) in [5.41, 5.74) is 0. The molecule has 4 heteroatoms. The summed E-state index contributed by atoms with van der Waals surface area (Å²) in [4.78, 5) is 10.6. The van der Waals surface area contributed by atoms with Crippen LogP contribution in [0.15, 0.2) is 12.2 Å². The Labute approximate surface area is 120 Å². The molecule has 0 fully saturated rings. The van der Waals surface area contributed by atoms with Gasteiger partial charge < -0.3 is 0 Å². The van der Waals surface area contributed by atoms with Crippen molar-refractivity contribution >= 4 is 5.78 Å². The molecule has 1 nitrogen and oxygen atoms in total. The van der Waals surface area contributed by atoms with Crippen LogP contribution in [-0.2, 0) is 4.79 Å². The van der Waals surface area contributed by atoms with Crippen LogP contribution in [-0.4, -0.2) is 12.0 Å². The largest absolute Gasteiger partial charge is 0.449 e. The molecule has 0 aliphatic heterocycles. The highest BCUT2D eigenvalue weighted by Crippen LogP contribution is 2.20. The van der Waals surface area contributed by atoms with E-state index in [1.54, 1.807) is 0 Å². The van der Waals surface area contributed by atoms with Crippen LogP contribution in [0, 0.1) is 0 Å². The van der Waals surface area contributed by atoms with Crippen molar-refractivity contribution in [1.29, 1.82) is 0 Å². The Hall–Kier alpha value is -0.800. The molecule has 0 aromatic heterocycles. The Bertz CT molecular complexity index is 269. The SMILES string of the molecule is CCC=CCCCCCCCCCCC(=O)C(F)(F)F. The van der Waals surface area contributed by atoms with Crippen LogP contribution in [0.3, 0.4) is 0 Å². The molecule has 20 heavy (non-hydrogen) atoms. The number of Topliss-reactive ketones (excluding diaryl/α,β-unsaturated/α-hetero) is 1. The number of allylic oxidation sites excluding steroid dienone is 2. The Balaban J connectivity index is 3.21. The van der Waals surface area contributed by atoms with E-state index in [1.807, 2.05) is 0 Å². The van der Waals surface area contributed by atoms with Gasteiger partial charge in [0.2, 0.25) is 5.78 Å². The normalized spacial score (nSPS) is 12.2. The van der Waals surface area contributed by atoms with Gasteiger partial charge in [-0.25, -0.2) is 0 Å². The Kier molecular flexibility index (Phi) is 11.5. The van der Waals surface area contributed by atoms with Crippen molar-refractivity contribution in [3.05, 3.63) is 12.2 Å². The molecule has 0 saturated carbocycles. The number of alkyl halides is 3. The molecule has 0 rings (SSSR count). The minimum absolute atomic E-state index is 0.354. The predicted molar refractivity (Wildman–Crippen MR) is 76.7 cm³/mol. The number of hydrogen-bond donors (Lipinski definition) is 0. The van der Waals surface area contributed by atoms with Crippen LogP contribution in [0.2, 0.25) is 0 Å². The molecule has 0 unspecified atom stereocenters. The van der Waals surface area contributed by atoms with Crippen LogP contribution in [0.25, 0.3) is 0 Å². The first-order valence-corrected chi connectivity index (χ1v) is 7.73. The lowest BCUT2D eigenvalue weighted by molar-refractivity contribution is -0.171. The van der Waals surface area contributed by atoms with Crippen LogP contribution in [0.5, 0.6) is 0 Å². The zero-order valence-corrected chi connectivity index (χ0v) is 12.5. The number of unbranched alkanes of at least 4 members (excludes halogenated alkanes) is 8. The van der Waals surface area contributed by atoms with Crippen molar-refractivity contribution < 1.29 is 18.0 Å². The smallest absolute Gasteiger partial charge is 0.290 e. The Morgan fingerprint density at radius 1 is 0.850 bits per heavy atom. The maximum atomic E-state index is 11.9. The fourth-order valence-corrected chi connectivity index (χ4v) is 2.03. The molecule has 0 bridgehead atoms. The van der Waals surface area contributed by atoms with Crippen molar-refractivity contribution in [2.75, 3.05) is 0 Å². The molecule has 0 spiro atoms. The molecule has 0 atom stereocenters. The average Bonchev–Trinajstić information content (AvgIpc) is 2.38. The maximum Gasteiger partial charge on any atom is 0.449 e. The summed E-state index contributed by atoms with van der Waals surface area (Å²) in [6.07, 6.45) is 9.50. The topological polar surface area (TPSA) is 17.1 Å². The minimum Gasteiger partial charge on any atom is -0.290 e. The number of ketones is 1. The summed E-state index contributed by atoms with van der Waals surface area (Å²) >= 11 is 0. The van der Waals surface area contributed by atoms with Crippen molar-refractivity contribution in [3.63, 3.8) is 0 Å². The van der Waals surface area contributed by atoms with E-state index in [0.29, 0.717) is 6.42 Å². The second-order valence-electron chi connectivity index (χ2n) is 5.17. The second kappa shape index (κ2) is 12.0. The van der Waals surface area contributed by atoms with Gasteiger partial charge in [-0.05, 0) is 25.7 Å². The first-order valence-electron chi connectivity index (χ1n) is 7.73. The van der Waals surface area contributed by atoms with Crippen molar-refractivity contribution in [2.24, 2.45) is 0 Å². The highest BCUT2D eigenvalue weighted by atomic mass is 19.4. The second-order valence-corrected chi connectivity index (χ2v) is 5.17. The highest BCUT2D eigenvalue weighted by Gasteiger charge is 2.36. The molecule has 0 saturated heterocycles. The fourth-order valence-electron chi connectivity index (χ4n) is 2.03. The first kappa shape index (κ1) is 19.2. The highest BCUT2D eigenvalue weighted by molar-refractivity contribution is 5.83. The van der Waals surface area contributed by atoms with Gasteiger partial charge in [0.1, 0.15) is 0 Å². The van der Waals surface area contributed by atoms with Crippen molar-refractivity contribution in [1.82, 2.24) is 0 Å². The van der Waals surface area contributed by atoms with Gasteiger partial charge in [0.25, 0.3) is 0 Å². The lowest BCUT2D eigenvalue weighted by atomic mass is 10.1. The third-order valence-electron chi connectivity index (χ3n) is 3.24. The third kappa shape index (κ3) is 12.2. The van der Waals surface area contributed by atoms with Gasteiger partial charge in [-0.3, -0.25) is 4.79 Å². The lowest BCUT2D eigenvalue weighted by Crippen LogP contribution is -2.22. The van der Waals surface area contributed by atoms with E-state index in [4.69, 9.17) is 0 Å². The number of carbonyl (C=O) groups excluding carboxylic acids is 1. The van der Waals surface area contributed by atoms with Gasteiger partial charge in [-0.15, -0.1) is 0 Å². The van der Waals surface area contributed by atoms with E-state index < -0.39 is 12.0 Å². The monoisotopic (exact) mass is 292 g/mol. The van der Waals surface area contributed by atoms with E-state index in [0.717, 1.165) is 38.5 Å². The summed E-state index contributed by atoms with van der Waals surface area (Å²) in [6.45, 7) is 2.12. The van der Waals surface area contributed by atoms with Gasteiger partial charge in [-0.2, -0.15) is 13.2 Å². The molecule has 0 radical (unpaired) electrons. The Morgan fingerprint density at radius 3 is 1.85 bits per heavy atom. The molecule has 0 aliphatic rings. The first-order chi connectivity index (χ1) is 9.48. The standard InChI is InChI=1S/C16H27F3O/c1-2-3-4-5-6-7-8-9-10-11-12-13-14-15(20)16(17,18)19/h3-4H,2,5-14H2,1H3. The lowest BCUT2D eigenvalue weighted by Gasteiger charge is -2.04. The van der Waals surface area contributed by atoms with Crippen molar-refractivity contribution in [3.8, 4) is 0 Å². The quantitative estimate of drug-likeness (QED) is 0.319.